The van der Waals surface area contributed by atoms with Gasteiger partial charge >= 0.3 is 0 Å². The van der Waals surface area contributed by atoms with Crippen LogP contribution in [0.2, 0.25) is 0 Å². The minimum Gasteiger partial charge on any atom is -0.384 e. The number of methoxy groups -OCH3 is 2. The molecule has 0 aromatic heterocycles. The van der Waals surface area contributed by atoms with Crippen LogP contribution in [0.1, 0.15) is 106 Å². The zero-order chi connectivity index (χ0) is 24.7. The molecular weight excluding hydrogens is 416 g/mol. The third-order valence-corrected chi connectivity index (χ3v) is 13.9. The van der Waals surface area contributed by atoms with E-state index in [1.165, 1.54) is 69.8 Å². The molecule has 5 aliphatic rings. The van der Waals surface area contributed by atoms with Crippen molar-refractivity contribution >= 4 is 0 Å². The summed E-state index contributed by atoms with van der Waals surface area (Å²) in [6.07, 6.45) is 14.1. The fourth-order valence-corrected chi connectivity index (χ4v) is 12.2. The van der Waals surface area contributed by atoms with Gasteiger partial charge in [0.1, 0.15) is 0 Å². The summed E-state index contributed by atoms with van der Waals surface area (Å²) in [5, 5.41) is 0. The first-order chi connectivity index (χ1) is 15.9. The van der Waals surface area contributed by atoms with Crippen molar-refractivity contribution in [2.24, 2.45) is 56.7 Å². The lowest BCUT2D eigenvalue weighted by Crippen LogP contribution is -2.67. The molecule has 2 nitrogen and oxygen atoms in total. The number of allylic oxidation sites excluding steroid dienone is 1. The van der Waals surface area contributed by atoms with E-state index in [-0.39, 0.29) is 5.41 Å². The van der Waals surface area contributed by atoms with E-state index in [1.807, 2.05) is 14.2 Å². The van der Waals surface area contributed by atoms with Crippen molar-refractivity contribution in [1.82, 2.24) is 0 Å². The van der Waals surface area contributed by atoms with Crippen LogP contribution in [0.25, 0.3) is 0 Å². The Hall–Kier alpha value is -0.340. The largest absolute Gasteiger partial charge is 0.384 e. The van der Waals surface area contributed by atoms with Gasteiger partial charge in [0.2, 0.25) is 0 Å². The maximum atomic E-state index is 6.06. The predicted molar refractivity (Wildman–Crippen MR) is 142 cm³/mol. The maximum Gasteiger partial charge on any atom is 0.0625 e. The summed E-state index contributed by atoms with van der Waals surface area (Å²) in [6, 6.07) is 0. The molecule has 0 amide bonds. The minimum atomic E-state index is 0.275. The Balaban J connectivity index is 1.53. The van der Waals surface area contributed by atoms with Crippen LogP contribution in [0.15, 0.2) is 12.2 Å². The van der Waals surface area contributed by atoms with Gasteiger partial charge in [0.05, 0.1) is 12.7 Å². The summed E-state index contributed by atoms with van der Waals surface area (Å²) >= 11 is 0. The molecule has 0 N–H and O–H groups in total. The highest BCUT2D eigenvalue weighted by Crippen LogP contribution is 2.77. The molecular formula is C32H54O2. The molecule has 5 saturated carbocycles. The van der Waals surface area contributed by atoms with Crippen molar-refractivity contribution in [2.45, 2.75) is 112 Å². The monoisotopic (exact) mass is 470 g/mol. The molecule has 4 unspecified atom stereocenters. The van der Waals surface area contributed by atoms with E-state index < -0.39 is 0 Å². The number of ether oxygens (including phenoxy) is 2. The van der Waals surface area contributed by atoms with Gasteiger partial charge in [-0.1, -0.05) is 46.8 Å². The average molecular weight is 471 g/mol. The van der Waals surface area contributed by atoms with Gasteiger partial charge in [0, 0.05) is 14.2 Å². The van der Waals surface area contributed by atoms with Gasteiger partial charge in [-0.25, -0.2) is 0 Å². The Labute approximate surface area is 211 Å². The van der Waals surface area contributed by atoms with Crippen LogP contribution in [0.5, 0.6) is 0 Å². The fourth-order valence-electron chi connectivity index (χ4n) is 12.2. The summed E-state index contributed by atoms with van der Waals surface area (Å²) in [5.41, 5.74) is 3.44. The lowest BCUT2D eigenvalue weighted by atomic mass is 9.32. The van der Waals surface area contributed by atoms with Crippen LogP contribution in [0.4, 0.5) is 0 Å². The van der Waals surface area contributed by atoms with E-state index >= 15 is 0 Å². The molecule has 0 aromatic rings. The minimum absolute atomic E-state index is 0.275. The smallest absolute Gasteiger partial charge is 0.0625 e. The van der Waals surface area contributed by atoms with E-state index in [0.717, 1.165) is 30.3 Å². The normalized spacial score (nSPS) is 53.9. The van der Waals surface area contributed by atoms with E-state index in [2.05, 4.69) is 48.1 Å². The van der Waals surface area contributed by atoms with Gasteiger partial charge in [-0.15, -0.1) is 0 Å². The zero-order valence-corrected chi connectivity index (χ0v) is 23.8. The van der Waals surface area contributed by atoms with Crippen molar-refractivity contribution in [2.75, 3.05) is 20.8 Å². The molecule has 10 atom stereocenters. The Morgan fingerprint density at radius 1 is 0.794 bits per heavy atom. The van der Waals surface area contributed by atoms with Crippen LogP contribution in [0.3, 0.4) is 0 Å². The van der Waals surface area contributed by atoms with Gasteiger partial charge < -0.3 is 9.47 Å². The van der Waals surface area contributed by atoms with E-state index in [4.69, 9.17) is 9.47 Å². The quantitative estimate of drug-likeness (QED) is 0.385. The van der Waals surface area contributed by atoms with Gasteiger partial charge in [-0.3, -0.25) is 0 Å². The van der Waals surface area contributed by atoms with E-state index in [0.29, 0.717) is 33.7 Å². The summed E-state index contributed by atoms with van der Waals surface area (Å²) < 4.78 is 12.0. The number of hydrogen-bond acceptors (Lipinski definition) is 2. The highest BCUT2D eigenvalue weighted by Gasteiger charge is 2.70. The van der Waals surface area contributed by atoms with E-state index in [1.54, 1.807) is 0 Å². The summed E-state index contributed by atoms with van der Waals surface area (Å²) in [6.45, 7) is 21.1. The molecule has 0 radical (unpaired) electrons. The molecule has 194 valence electrons. The lowest BCUT2D eigenvalue weighted by molar-refractivity contribution is -0.251. The molecule has 0 heterocycles. The SMILES string of the molecule is C=C(C)C1CCC2(COC)CC[C@]3(C)[C@H](CC[C@@H]4[C@@]5(C)CCC(OC)C(C)(C)[C@@H]5CC[C@]43C)C12. The molecule has 5 aliphatic carbocycles. The molecule has 0 saturated heterocycles. The first kappa shape index (κ1) is 25.3. The third-order valence-electron chi connectivity index (χ3n) is 13.9. The van der Waals surface area contributed by atoms with Crippen LogP contribution >= 0.6 is 0 Å². The number of hydrogen-bond donors (Lipinski definition) is 0. The first-order valence-corrected chi connectivity index (χ1v) is 14.6. The molecule has 0 aliphatic heterocycles. The number of rotatable bonds is 4. The maximum absolute atomic E-state index is 6.06. The van der Waals surface area contributed by atoms with Crippen LogP contribution in [-0.4, -0.2) is 26.9 Å². The second kappa shape index (κ2) is 8.08. The molecule has 5 fully saturated rings. The summed E-state index contributed by atoms with van der Waals surface area (Å²) in [4.78, 5) is 0. The van der Waals surface area contributed by atoms with Crippen molar-refractivity contribution in [3.8, 4) is 0 Å². The highest BCUT2D eigenvalue weighted by molar-refractivity contribution is 5.21. The fraction of sp³-hybridized carbons (Fsp3) is 0.938. The molecule has 2 heteroatoms. The number of fused-ring (bicyclic) bond motifs is 7. The molecule has 34 heavy (non-hydrogen) atoms. The second-order valence-electron chi connectivity index (χ2n) is 15.1. The molecule has 0 bridgehead atoms. The lowest BCUT2D eigenvalue weighted by Gasteiger charge is -2.73. The average Bonchev–Trinajstić information content (AvgIpc) is 3.14. The topological polar surface area (TPSA) is 18.5 Å². The van der Waals surface area contributed by atoms with Crippen LogP contribution in [-0.2, 0) is 9.47 Å². The van der Waals surface area contributed by atoms with Crippen molar-refractivity contribution < 1.29 is 9.47 Å². The van der Waals surface area contributed by atoms with Gasteiger partial charge in [-0.05, 0) is 128 Å². The van der Waals surface area contributed by atoms with Crippen molar-refractivity contribution in [3.05, 3.63) is 12.2 Å². The van der Waals surface area contributed by atoms with Crippen molar-refractivity contribution in [3.63, 3.8) is 0 Å². The van der Waals surface area contributed by atoms with Gasteiger partial charge in [0.25, 0.3) is 0 Å². The first-order valence-electron chi connectivity index (χ1n) is 14.6. The third kappa shape index (κ3) is 3.06. The van der Waals surface area contributed by atoms with Crippen LogP contribution < -0.4 is 0 Å². The zero-order valence-electron chi connectivity index (χ0n) is 23.8. The predicted octanol–water partition coefficient (Wildman–Crippen LogP) is 8.31. The Bertz CT molecular complexity index is 816. The van der Waals surface area contributed by atoms with Gasteiger partial charge in [-0.2, -0.15) is 0 Å². The molecule has 0 spiro atoms. The Kier molecular flexibility index (Phi) is 6.01. The second-order valence-corrected chi connectivity index (χ2v) is 15.1. The van der Waals surface area contributed by atoms with Crippen molar-refractivity contribution in [1.29, 1.82) is 0 Å². The van der Waals surface area contributed by atoms with E-state index in [9.17, 15) is 0 Å². The van der Waals surface area contributed by atoms with Gasteiger partial charge in [0.15, 0.2) is 0 Å². The highest BCUT2D eigenvalue weighted by atomic mass is 16.5. The standard InChI is InChI=1S/C32H54O2/c1-21(2)22-12-17-32(20-33-8)19-18-30(6)23(27(22)32)10-11-25-29(5)15-14-26(34-9)28(3,4)24(29)13-16-31(25,30)7/h22-27H,1,10-20H2,2-9H3/t22?,23-,24+,25-,26?,27?,29+,30-,31-,32?/m1/s1. The molecule has 5 rings (SSSR count). The Morgan fingerprint density at radius 2 is 1.53 bits per heavy atom. The summed E-state index contributed by atoms with van der Waals surface area (Å²) in [5.74, 6) is 3.92. The Morgan fingerprint density at radius 3 is 2.18 bits per heavy atom. The van der Waals surface area contributed by atoms with Crippen LogP contribution in [0, 0.1) is 56.7 Å². The summed E-state index contributed by atoms with van der Waals surface area (Å²) in [7, 11) is 3.88. The molecule has 0 aromatic carbocycles.